The van der Waals surface area contributed by atoms with E-state index in [0.29, 0.717) is 17.0 Å². The van der Waals surface area contributed by atoms with E-state index in [9.17, 15) is 4.79 Å². The number of nitrogens with one attached hydrogen (secondary N) is 1. The number of carbonyl (C=O) groups is 1. The lowest BCUT2D eigenvalue weighted by Gasteiger charge is -2.04. The third-order valence-electron chi connectivity index (χ3n) is 2.44. The van der Waals surface area contributed by atoms with E-state index in [0.717, 1.165) is 11.3 Å². The van der Waals surface area contributed by atoms with E-state index in [4.69, 9.17) is 10.5 Å². The van der Waals surface area contributed by atoms with Crippen molar-refractivity contribution in [1.82, 2.24) is 0 Å². The van der Waals surface area contributed by atoms with E-state index in [1.54, 1.807) is 18.2 Å². The minimum atomic E-state index is -0.197. The number of carbonyl (C=O) groups excluding carboxylic acids is 1. The number of hydrogen-bond acceptors (Lipinski definition) is 3. The maximum absolute atomic E-state index is 11.8. The molecule has 0 atom stereocenters. The molecule has 0 aromatic heterocycles. The number of anilines is 2. The van der Waals surface area contributed by atoms with Crippen LogP contribution in [0.4, 0.5) is 11.4 Å². The number of allylic oxidation sites excluding steroid dienone is 1. The molecule has 0 unspecified atom stereocenters. The number of ether oxygens (including phenoxy) is 1. The largest absolute Gasteiger partial charge is 0.496 e. The Hall–Kier alpha value is -2.23. The Labute approximate surface area is 93.4 Å². The number of nitrogen functional groups attached to an aromatic ring is 1. The van der Waals surface area contributed by atoms with Gasteiger partial charge >= 0.3 is 0 Å². The molecule has 0 bridgehead atoms. The molecule has 1 aliphatic heterocycles. The van der Waals surface area contributed by atoms with Crippen LogP contribution >= 0.6 is 0 Å². The summed E-state index contributed by atoms with van der Waals surface area (Å²) < 4.78 is 5.11. The van der Waals surface area contributed by atoms with Crippen molar-refractivity contribution in [3.8, 4) is 0 Å². The van der Waals surface area contributed by atoms with Crippen molar-refractivity contribution in [3.05, 3.63) is 42.2 Å². The molecule has 0 spiro atoms. The number of amides is 1. The molecule has 0 saturated heterocycles. The molecule has 4 heteroatoms. The Kier molecular flexibility index (Phi) is 2.40. The van der Waals surface area contributed by atoms with Crippen LogP contribution in [0.25, 0.3) is 5.57 Å². The predicted octanol–water partition coefficient (Wildman–Crippen LogP) is 1.76. The summed E-state index contributed by atoms with van der Waals surface area (Å²) >= 11 is 0. The summed E-state index contributed by atoms with van der Waals surface area (Å²) in [5.41, 5.74) is 8.26. The van der Waals surface area contributed by atoms with Crippen molar-refractivity contribution in [3.63, 3.8) is 0 Å². The zero-order chi connectivity index (χ0) is 11.7. The molecular formula is C12H12N2O2. The molecule has 16 heavy (non-hydrogen) atoms. The molecule has 1 aromatic carbocycles. The summed E-state index contributed by atoms with van der Waals surface area (Å²) in [4.78, 5) is 11.8. The van der Waals surface area contributed by atoms with Crippen LogP contribution in [0.3, 0.4) is 0 Å². The first-order chi connectivity index (χ1) is 7.67. The number of hydrogen-bond donors (Lipinski definition) is 2. The fourth-order valence-corrected chi connectivity index (χ4v) is 1.72. The number of rotatable bonds is 2. The van der Waals surface area contributed by atoms with Gasteiger partial charge in [0, 0.05) is 16.9 Å². The molecule has 1 heterocycles. The number of benzene rings is 1. The van der Waals surface area contributed by atoms with Crippen LogP contribution in [0.2, 0.25) is 0 Å². The van der Waals surface area contributed by atoms with Gasteiger partial charge < -0.3 is 15.8 Å². The predicted molar refractivity (Wildman–Crippen MR) is 63.6 cm³/mol. The SMILES string of the molecule is C=C/C(OC)=C1/C(=O)Nc2ccc(N)cc21. The molecular weight excluding hydrogens is 204 g/mol. The molecule has 3 N–H and O–H groups in total. The average molecular weight is 216 g/mol. The van der Waals surface area contributed by atoms with Crippen LogP contribution in [-0.4, -0.2) is 13.0 Å². The van der Waals surface area contributed by atoms with E-state index < -0.39 is 0 Å². The number of fused-ring (bicyclic) bond motifs is 1. The van der Waals surface area contributed by atoms with E-state index in [1.807, 2.05) is 0 Å². The van der Waals surface area contributed by atoms with Gasteiger partial charge in [-0.2, -0.15) is 0 Å². The van der Waals surface area contributed by atoms with Gasteiger partial charge in [-0.1, -0.05) is 6.58 Å². The van der Waals surface area contributed by atoms with Gasteiger partial charge in [-0.3, -0.25) is 4.79 Å². The fourth-order valence-electron chi connectivity index (χ4n) is 1.72. The minimum absolute atomic E-state index is 0.197. The fraction of sp³-hybridized carbons (Fsp3) is 0.0833. The summed E-state index contributed by atoms with van der Waals surface area (Å²) in [7, 11) is 1.50. The lowest BCUT2D eigenvalue weighted by molar-refractivity contribution is -0.110. The molecule has 4 nitrogen and oxygen atoms in total. The Morgan fingerprint density at radius 1 is 1.56 bits per heavy atom. The van der Waals surface area contributed by atoms with Crippen molar-refractivity contribution >= 4 is 22.9 Å². The van der Waals surface area contributed by atoms with Crippen LogP contribution in [0.5, 0.6) is 0 Å². The highest BCUT2D eigenvalue weighted by molar-refractivity contribution is 6.32. The highest BCUT2D eigenvalue weighted by Crippen LogP contribution is 2.35. The summed E-state index contributed by atoms with van der Waals surface area (Å²) in [5.74, 6) is 0.249. The Morgan fingerprint density at radius 2 is 2.31 bits per heavy atom. The van der Waals surface area contributed by atoms with Gasteiger partial charge in [-0.15, -0.1) is 0 Å². The Balaban J connectivity index is 2.67. The summed E-state index contributed by atoms with van der Waals surface area (Å²) in [6.45, 7) is 3.61. The number of nitrogens with two attached hydrogens (primary N) is 1. The molecule has 82 valence electrons. The molecule has 1 aromatic rings. The van der Waals surface area contributed by atoms with Crippen molar-refractivity contribution in [2.45, 2.75) is 0 Å². The molecule has 0 fully saturated rings. The zero-order valence-electron chi connectivity index (χ0n) is 8.91. The second kappa shape index (κ2) is 3.73. The summed E-state index contributed by atoms with van der Waals surface area (Å²) in [6.07, 6.45) is 1.51. The first-order valence-electron chi connectivity index (χ1n) is 4.79. The van der Waals surface area contributed by atoms with Gasteiger partial charge in [-0.25, -0.2) is 0 Å². The van der Waals surface area contributed by atoms with Crippen molar-refractivity contribution < 1.29 is 9.53 Å². The molecule has 1 amide bonds. The van der Waals surface area contributed by atoms with E-state index in [1.165, 1.54) is 13.2 Å². The zero-order valence-corrected chi connectivity index (χ0v) is 8.91. The summed E-state index contributed by atoms with van der Waals surface area (Å²) in [5, 5.41) is 2.74. The topological polar surface area (TPSA) is 64.3 Å². The first kappa shape index (κ1) is 10.3. The highest BCUT2D eigenvalue weighted by Gasteiger charge is 2.27. The van der Waals surface area contributed by atoms with Crippen LogP contribution in [-0.2, 0) is 9.53 Å². The van der Waals surface area contributed by atoms with E-state index in [2.05, 4.69) is 11.9 Å². The highest BCUT2D eigenvalue weighted by atomic mass is 16.5. The van der Waals surface area contributed by atoms with Gasteiger partial charge in [0.05, 0.1) is 12.7 Å². The van der Waals surface area contributed by atoms with Crippen LogP contribution in [0.15, 0.2) is 36.6 Å². The van der Waals surface area contributed by atoms with Gasteiger partial charge in [0.2, 0.25) is 0 Å². The van der Waals surface area contributed by atoms with Crippen LogP contribution < -0.4 is 11.1 Å². The van der Waals surface area contributed by atoms with Gasteiger partial charge in [0.25, 0.3) is 5.91 Å². The molecule has 0 saturated carbocycles. The first-order valence-corrected chi connectivity index (χ1v) is 4.79. The maximum atomic E-state index is 11.8. The second-order valence-electron chi connectivity index (χ2n) is 3.41. The monoisotopic (exact) mass is 216 g/mol. The molecule has 0 radical (unpaired) electrons. The Bertz CT molecular complexity index is 504. The number of methoxy groups -OCH3 is 1. The normalized spacial score (nSPS) is 16.4. The Morgan fingerprint density at radius 3 is 2.94 bits per heavy atom. The lowest BCUT2D eigenvalue weighted by atomic mass is 10.1. The minimum Gasteiger partial charge on any atom is -0.496 e. The van der Waals surface area contributed by atoms with Gasteiger partial charge in [-0.05, 0) is 24.3 Å². The van der Waals surface area contributed by atoms with Crippen molar-refractivity contribution in [2.75, 3.05) is 18.2 Å². The quantitative estimate of drug-likeness (QED) is 0.450. The smallest absolute Gasteiger partial charge is 0.260 e. The maximum Gasteiger partial charge on any atom is 0.260 e. The summed E-state index contributed by atoms with van der Waals surface area (Å²) in [6, 6.07) is 5.25. The molecule has 1 aliphatic rings. The third kappa shape index (κ3) is 1.44. The third-order valence-corrected chi connectivity index (χ3v) is 2.44. The second-order valence-corrected chi connectivity index (χ2v) is 3.41. The van der Waals surface area contributed by atoms with Crippen LogP contribution in [0, 0.1) is 0 Å². The van der Waals surface area contributed by atoms with Crippen molar-refractivity contribution in [1.29, 1.82) is 0 Å². The van der Waals surface area contributed by atoms with Gasteiger partial charge in [0.15, 0.2) is 0 Å². The van der Waals surface area contributed by atoms with Crippen LogP contribution in [0.1, 0.15) is 5.56 Å². The molecule has 0 aliphatic carbocycles. The van der Waals surface area contributed by atoms with Gasteiger partial charge in [0.1, 0.15) is 5.76 Å². The van der Waals surface area contributed by atoms with E-state index >= 15 is 0 Å². The standard InChI is InChI=1S/C12H12N2O2/c1-3-10(16-2)11-8-6-7(13)4-5-9(8)14-12(11)15/h3-6H,1,13H2,2H3,(H,14,15)/b11-10-. The van der Waals surface area contributed by atoms with E-state index in [-0.39, 0.29) is 5.91 Å². The van der Waals surface area contributed by atoms with Crippen molar-refractivity contribution in [2.24, 2.45) is 0 Å². The lowest BCUT2D eigenvalue weighted by Crippen LogP contribution is -2.06. The molecule has 2 rings (SSSR count). The average Bonchev–Trinajstić information content (AvgIpc) is 2.58.